The van der Waals surface area contributed by atoms with Crippen LogP contribution in [-0.2, 0) is 9.47 Å². The highest BCUT2D eigenvalue weighted by atomic mass is 32.1. The lowest BCUT2D eigenvalue weighted by Crippen LogP contribution is -2.37. The molecular weight excluding hydrogens is 362 g/mol. The van der Waals surface area contributed by atoms with Gasteiger partial charge < -0.3 is 14.4 Å². The molecule has 5 heterocycles. The van der Waals surface area contributed by atoms with Gasteiger partial charge in [-0.1, -0.05) is 11.3 Å². The second-order valence-electron chi connectivity index (χ2n) is 7.23. The van der Waals surface area contributed by atoms with E-state index in [1.807, 2.05) is 29.0 Å². The smallest absolute Gasteiger partial charge is 0.214 e. The van der Waals surface area contributed by atoms with Crippen LogP contribution in [0.15, 0.2) is 30.7 Å². The van der Waals surface area contributed by atoms with E-state index in [2.05, 4.69) is 9.88 Å². The second-order valence-corrected chi connectivity index (χ2v) is 8.16. The molecule has 5 rings (SSSR count). The Morgan fingerprint density at radius 3 is 2.93 bits per heavy atom. The third-order valence-electron chi connectivity index (χ3n) is 5.29. The molecule has 2 aliphatic heterocycles. The number of imidazole rings is 1. The quantitative estimate of drug-likeness (QED) is 0.673. The zero-order valence-electron chi connectivity index (χ0n) is 15.2. The molecule has 0 saturated carbocycles. The fourth-order valence-electron chi connectivity index (χ4n) is 3.67. The molecular formula is C19H23N5O2S. The summed E-state index contributed by atoms with van der Waals surface area (Å²) in [4.78, 5) is 12.1. The van der Waals surface area contributed by atoms with E-state index in [0.29, 0.717) is 12.0 Å². The highest BCUT2D eigenvalue weighted by Crippen LogP contribution is 2.29. The molecule has 7 nitrogen and oxygen atoms in total. The number of rotatable bonds is 5. The van der Waals surface area contributed by atoms with E-state index in [1.165, 1.54) is 0 Å². The van der Waals surface area contributed by atoms with Gasteiger partial charge in [0.15, 0.2) is 0 Å². The molecule has 0 N–H and O–H groups in total. The highest BCUT2D eigenvalue weighted by Gasteiger charge is 2.24. The van der Waals surface area contributed by atoms with Crippen molar-refractivity contribution in [2.75, 3.05) is 37.8 Å². The van der Waals surface area contributed by atoms with Gasteiger partial charge in [0.05, 0.1) is 31.2 Å². The van der Waals surface area contributed by atoms with Crippen LogP contribution in [0.2, 0.25) is 0 Å². The van der Waals surface area contributed by atoms with Crippen molar-refractivity contribution < 1.29 is 9.47 Å². The van der Waals surface area contributed by atoms with Crippen molar-refractivity contribution in [3.05, 3.63) is 30.7 Å². The van der Waals surface area contributed by atoms with Crippen LogP contribution in [0.1, 0.15) is 19.3 Å². The first-order valence-corrected chi connectivity index (χ1v) is 10.4. The number of piperidine rings is 1. The first-order valence-electron chi connectivity index (χ1n) is 9.56. The molecule has 0 radical (unpaired) electrons. The van der Waals surface area contributed by atoms with E-state index in [9.17, 15) is 0 Å². The first kappa shape index (κ1) is 17.1. The van der Waals surface area contributed by atoms with Crippen LogP contribution in [0, 0.1) is 5.92 Å². The van der Waals surface area contributed by atoms with E-state index >= 15 is 0 Å². The summed E-state index contributed by atoms with van der Waals surface area (Å²) in [6.07, 6.45) is 9.18. The summed E-state index contributed by atoms with van der Waals surface area (Å²) in [6.45, 7) is 4.56. The molecule has 1 unspecified atom stereocenters. The topological polar surface area (TPSA) is 64.8 Å². The lowest BCUT2D eigenvalue weighted by molar-refractivity contribution is 0.0131. The fourth-order valence-corrected chi connectivity index (χ4v) is 4.61. The molecule has 2 aliphatic rings. The maximum Gasteiger partial charge on any atom is 0.214 e. The Morgan fingerprint density at radius 1 is 1.26 bits per heavy atom. The molecule has 142 valence electrons. The molecule has 0 aromatic carbocycles. The maximum atomic E-state index is 6.11. The van der Waals surface area contributed by atoms with Gasteiger partial charge in [0.1, 0.15) is 0 Å². The molecule has 2 saturated heterocycles. The Labute approximate surface area is 161 Å². The van der Waals surface area contributed by atoms with Crippen LogP contribution in [0.25, 0.3) is 16.2 Å². The Morgan fingerprint density at radius 2 is 2.19 bits per heavy atom. The van der Waals surface area contributed by atoms with Crippen molar-refractivity contribution in [1.82, 2.24) is 19.6 Å². The van der Waals surface area contributed by atoms with Crippen molar-refractivity contribution in [3.63, 3.8) is 0 Å². The molecule has 2 fully saturated rings. The van der Waals surface area contributed by atoms with E-state index < -0.39 is 0 Å². The SMILES string of the molecule is c1cncc(-c2cn3nc(N4CCC(OCC5CCOC5)CC4)sc3n2)c1. The Kier molecular flexibility index (Phi) is 4.77. The Hall–Kier alpha value is -2.03. The minimum atomic E-state index is 0.364. The van der Waals surface area contributed by atoms with Crippen LogP contribution in [0.4, 0.5) is 5.13 Å². The molecule has 8 heteroatoms. The van der Waals surface area contributed by atoms with Gasteiger partial charge in [-0.15, -0.1) is 5.10 Å². The second kappa shape index (κ2) is 7.53. The monoisotopic (exact) mass is 385 g/mol. The van der Waals surface area contributed by atoms with Gasteiger partial charge in [-0.05, 0) is 31.4 Å². The van der Waals surface area contributed by atoms with Crippen LogP contribution in [-0.4, -0.2) is 58.6 Å². The largest absolute Gasteiger partial charge is 0.381 e. The predicted molar refractivity (Wildman–Crippen MR) is 104 cm³/mol. The highest BCUT2D eigenvalue weighted by molar-refractivity contribution is 7.20. The Balaban J connectivity index is 1.19. The van der Waals surface area contributed by atoms with Crippen molar-refractivity contribution in [3.8, 4) is 11.3 Å². The lowest BCUT2D eigenvalue weighted by atomic mass is 10.1. The predicted octanol–water partition coefficient (Wildman–Crippen LogP) is 2.87. The van der Waals surface area contributed by atoms with Crippen LogP contribution < -0.4 is 4.90 Å². The third kappa shape index (κ3) is 3.69. The van der Waals surface area contributed by atoms with Gasteiger partial charge in [0.25, 0.3) is 0 Å². The van der Waals surface area contributed by atoms with Crippen LogP contribution >= 0.6 is 11.3 Å². The summed E-state index contributed by atoms with van der Waals surface area (Å²) in [5.74, 6) is 0.587. The van der Waals surface area contributed by atoms with E-state index in [4.69, 9.17) is 19.6 Å². The number of nitrogens with zero attached hydrogens (tertiary/aromatic N) is 5. The summed E-state index contributed by atoms with van der Waals surface area (Å²) in [5.41, 5.74) is 1.93. The van der Waals surface area contributed by atoms with Crippen molar-refractivity contribution in [2.45, 2.75) is 25.4 Å². The fraction of sp³-hybridized carbons (Fsp3) is 0.526. The number of fused-ring (bicyclic) bond motifs is 1. The number of pyridine rings is 1. The Bertz CT molecular complexity index is 851. The molecule has 0 amide bonds. The summed E-state index contributed by atoms with van der Waals surface area (Å²) < 4.78 is 13.4. The van der Waals surface area contributed by atoms with Crippen LogP contribution in [0.3, 0.4) is 0 Å². The summed E-state index contributed by atoms with van der Waals surface area (Å²) >= 11 is 1.64. The van der Waals surface area contributed by atoms with Crippen molar-refractivity contribution >= 4 is 21.4 Å². The number of aromatic nitrogens is 4. The standard InChI is InChI=1S/C19H23N5O2S/c1-2-15(10-20-6-1)17-11-24-18(21-17)27-19(22-24)23-7-3-16(4-8-23)26-13-14-5-9-25-12-14/h1-2,6,10-11,14,16H,3-5,7-9,12-13H2. The number of hydrogen-bond donors (Lipinski definition) is 0. The third-order valence-corrected chi connectivity index (χ3v) is 6.28. The van der Waals surface area contributed by atoms with Crippen LogP contribution in [0.5, 0.6) is 0 Å². The van der Waals surface area contributed by atoms with Gasteiger partial charge in [-0.3, -0.25) is 4.98 Å². The summed E-state index contributed by atoms with van der Waals surface area (Å²) in [5, 5.41) is 5.78. The molecule has 1 atom stereocenters. The van der Waals surface area contributed by atoms with E-state index in [1.54, 1.807) is 17.5 Å². The maximum absolute atomic E-state index is 6.11. The zero-order chi connectivity index (χ0) is 18.1. The number of anilines is 1. The molecule has 27 heavy (non-hydrogen) atoms. The van der Waals surface area contributed by atoms with Gasteiger partial charge in [0, 0.05) is 43.6 Å². The number of ether oxygens (including phenoxy) is 2. The molecule has 0 spiro atoms. The normalized spacial score (nSPS) is 21.3. The molecule has 0 aliphatic carbocycles. The zero-order valence-corrected chi connectivity index (χ0v) is 16.0. The summed E-state index contributed by atoms with van der Waals surface area (Å²) in [6, 6.07) is 3.94. The molecule has 3 aromatic heterocycles. The average molecular weight is 385 g/mol. The number of hydrogen-bond acceptors (Lipinski definition) is 7. The minimum Gasteiger partial charge on any atom is -0.381 e. The molecule has 0 bridgehead atoms. The van der Waals surface area contributed by atoms with E-state index in [0.717, 1.165) is 73.5 Å². The summed E-state index contributed by atoms with van der Waals surface area (Å²) in [7, 11) is 0. The van der Waals surface area contributed by atoms with Crippen molar-refractivity contribution in [2.24, 2.45) is 5.92 Å². The van der Waals surface area contributed by atoms with Gasteiger partial charge in [0.2, 0.25) is 10.1 Å². The molecule has 3 aromatic rings. The lowest BCUT2D eigenvalue weighted by Gasteiger charge is -2.31. The van der Waals surface area contributed by atoms with Gasteiger partial charge in [-0.2, -0.15) is 0 Å². The van der Waals surface area contributed by atoms with Gasteiger partial charge >= 0.3 is 0 Å². The van der Waals surface area contributed by atoms with Crippen molar-refractivity contribution in [1.29, 1.82) is 0 Å². The first-order chi connectivity index (χ1) is 13.3. The average Bonchev–Trinajstić information content (AvgIpc) is 3.44. The van der Waals surface area contributed by atoms with Gasteiger partial charge in [-0.25, -0.2) is 9.50 Å². The van der Waals surface area contributed by atoms with E-state index in [-0.39, 0.29) is 0 Å². The minimum absolute atomic E-state index is 0.364.